The predicted octanol–water partition coefficient (Wildman–Crippen LogP) is 3.08. The van der Waals surface area contributed by atoms with Crippen LogP contribution in [-0.4, -0.2) is 16.3 Å². The molecular weight excluding hydrogens is 361 g/mol. The molecule has 0 atom stereocenters. The number of primary amides is 1. The summed E-state index contributed by atoms with van der Waals surface area (Å²) >= 11 is 0. The van der Waals surface area contributed by atoms with Gasteiger partial charge in [-0.25, -0.2) is 0 Å². The van der Waals surface area contributed by atoms with Crippen molar-refractivity contribution in [3.63, 3.8) is 0 Å². The molecule has 0 radical (unpaired) electrons. The molecule has 0 fully saturated rings. The molecule has 144 valence electrons. The van der Waals surface area contributed by atoms with Crippen molar-refractivity contribution in [1.82, 2.24) is 4.57 Å². The third-order valence-electron chi connectivity index (χ3n) is 4.81. The highest BCUT2D eigenvalue weighted by Gasteiger charge is 2.35. The van der Waals surface area contributed by atoms with Gasteiger partial charge in [-0.15, -0.1) is 0 Å². The summed E-state index contributed by atoms with van der Waals surface area (Å²) in [6, 6.07) is 2.89. The van der Waals surface area contributed by atoms with Crippen molar-refractivity contribution in [3.05, 3.63) is 67.6 Å². The van der Waals surface area contributed by atoms with E-state index in [1.54, 1.807) is 19.9 Å². The van der Waals surface area contributed by atoms with Crippen LogP contribution in [0, 0.1) is 27.7 Å². The maximum atomic E-state index is 13.3. The lowest BCUT2D eigenvalue weighted by Crippen LogP contribution is -2.35. The number of Topliss-reactive ketones (excluding diaryl/α,β-unsaturated/α-hetero) is 1. The summed E-state index contributed by atoms with van der Waals surface area (Å²) in [7, 11) is 0. The number of carbonyl (C=O) groups excluding carboxylic acids is 2. The molecule has 1 aromatic heterocycles. The first-order valence-corrected chi connectivity index (χ1v) is 8.07. The molecule has 2 N–H and O–H groups in total. The number of hydrogen-bond donors (Lipinski definition) is 1. The van der Waals surface area contributed by atoms with Crippen LogP contribution in [0.25, 0.3) is 0 Å². The van der Waals surface area contributed by atoms with Crippen molar-refractivity contribution in [2.45, 2.75) is 40.4 Å². The van der Waals surface area contributed by atoms with Crippen LogP contribution in [0.5, 0.6) is 0 Å². The third kappa shape index (κ3) is 3.79. The van der Waals surface area contributed by atoms with Crippen LogP contribution in [0.1, 0.15) is 48.7 Å². The summed E-state index contributed by atoms with van der Waals surface area (Å²) in [4.78, 5) is 36.4. The molecule has 0 spiro atoms. The van der Waals surface area contributed by atoms with Crippen LogP contribution < -0.4 is 11.3 Å². The van der Waals surface area contributed by atoms with Crippen LogP contribution in [0.2, 0.25) is 0 Å². The Kier molecular flexibility index (Phi) is 5.30. The summed E-state index contributed by atoms with van der Waals surface area (Å²) in [5, 5.41) is 0. The first-order chi connectivity index (χ1) is 12.4. The smallest absolute Gasteiger partial charge is 0.365 e. The molecule has 1 amide bonds. The number of alkyl halides is 3. The van der Waals surface area contributed by atoms with Gasteiger partial charge in [0.15, 0.2) is 5.78 Å². The molecule has 0 saturated carbocycles. The van der Waals surface area contributed by atoms with E-state index in [-0.39, 0.29) is 10.1 Å². The van der Waals surface area contributed by atoms with Crippen molar-refractivity contribution in [2.24, 2.45) is 5.73 Å². The van der Waals surface area contributed by atoms with E-state index < -0.39 is 41.2 Å². The van der Waals surface area contributed by atoms with Crippen LogP contribution in [0.15, 0.2) is 23.0 Å². The lowest BCUT2D eigenvalue weighted by atomic mass is 9.92. The molecule has 0 aliphatic carbocycles. The quantitative estimate of drug-likeness (QED) is 0.828. The molecule has 5 nitrogen and oxygen atoms in total. The zero-order valence-corrected chi connectivity index (χ0v) is 15.3. The molecule has 0 unspecified atom stereocenters. The summed E-state index contributed by atoms with van der Waals surface area (Å²) < 4.78 is 40.1. The summed E-state index contributed by atoms with van der Waals surface area (Å²) in [6.07, 6.45) is -4.87. The number of rotatable bonds is 4. The second-order valence-electron chi connectivity index (χ2n) is 6.42. The summed E-state index contributed by atoms with van der Waals surface area (Å²) in [5.41, 5.74) is 5.40. The fraction of sp³-hybridized carbons (Fsp3) is 0.316. The average molecular weight is 380 g/mol. The highest BCUT2D eigenvalue weighted by molar-refractivity contribution is 5.98. The van der Waals surface area contributed by atoms with Gasteiger partial charge in [0, 0.05) is 5.56 Å². The van der Waals surface area contributed by atoms with E-state index in [1.807, 2.05) is 13.8 Å². The van der Waals surface area contributed by atoms with Crippen LogP contribution in [-0.2, 0) is 12.7 Å². The fourth-order valence-electron chi connectivity index (χ4n) is 2.90. The van der Waals surface area contributed by atoms with E-state index in [0.29, 0.717) is 11.6 Å². The van der Waals surface area contributed by atoms with Gasteiger partial charge in [0.1, 0.15) is 11.3 Å². The Morgan fingerprint density at radius 2 is 1.59 bits per heavy atom. The number of nitrogens with two attached hydrogens (primary N) is 1. The van der Waals surface area contributed by atoms with Crippen molar-refractivity contribution >= 4 is 11.7 Å². The number of halogens is 3. The molecule has 2 aromatic rings. The van der Waals surface area contributed by atoms with Crippen LogP contribution in [0.3, 0.4) is 0 Å². The van der Waals surface area contributed by atoms with E-state index in [4.69, 9.17) is 5.73 Å². The lowest BCUT2D eigenvalue weighted by Gasteiger charge is -2.17. The van der Waals surface area contributed by atoms with Gasteiger partial charge in [0.2, 0.25) is 0 Å². The van der Waals surface area contributed by atoms with E-state index in [0.717, 1.165) is 22.8 Å². The molecule has 0 aliphatic rings. The fourth-order valence-corrected chi connectivity index (χ4v) is 2.90. The molecule has 1 heterocycles. The van der Waals surface area contributed by atoms with E-state index in [2.05, 4.69) is 0 Å². The van der Waals surface area contributed by atoms with E-state index >= 15 is 0 Å². The van der Waals surface area contributed by atoms with Crippen molar-refractivity contribution in [2.75, 3.05) is 0 Å². The number of aryl methyl sites for hydroxylation is 1. The second kappa shape index (κ2) is 7.02. The molecule has 1 aromatic carbocycles. The molecule has 2 rings (SSSR count). The minimum Gasteiger partial charge on any atom is -0.365 e. The normalized spacial score (nSPS) is 11.5. The Bertz CT molecular complexity index is 1000. The Labute approximate surface area is 153 Å². The number of nitrogens with zero attached hydrogens (tertiary/aromatic N) is 1. The van der Waals surface area contributed by atoms with Crippen molar-refractivity contribution in [1.29, 1.82) is 0 Å². The summed E-state index contributed by atoms with van der Waals surface area (Å²) in [5.74, 6) is -1.82. The van der Waals surface area contributed by atoms with Gasteiger partial charge < -0.3 is 5.73 Å². The number of benzene rings is 1. The Morgan fingerprint density at radius 1 is 1.00 bits per heavy atom. The minimum absolute atomic E-state index is 0.236. The maximum absolute atomic E-state index is 13.3. The average Bonchev–Trinajstić information content (AvgIpc) is 2.56. The molecule has 27 heavy (non-hydrogen) atoms. The summed E-state index contributed by atoms with van der Waals surface area (Å²) in [6.45, 7) is 6.34. The third-order valence-corrected chi connectivity index (χ3v) is 4.81. The standard InChI is InChI=1S/C19H19F3N2O3/c1-9-7-14(12(4)11(3)10(9)2)15(25)8-24-16(19(20,21)22)6-5-13(17(23)26)18(24)27/h5-7H,8H2,1-4H3,(H2,23,26). The minimum atomic E-state index is -4.87. The highest BCUT2D eigenvalue weighted by Crippen LogP contribution is 2.29. The zero-order valence-electron chi connectivity index (χ0n) is 15.3. The van der Waals surface area contributed by atoms with Gasteiger partial charge in [0.25, 0.3) is 11.5 Å². The Morgan fingerprint density at radius 3 is 2.11 bits per heavy atom. The van der Waals surface area contributed by atoms with E-state index in [1.165, 1.54) is 0 Å². The van der Waals surface area contributed by atoms with Crippen molar-refractivity contribution in [3.8, 4) is 0 Å². The predicted molar refractivity (Wildman–Crippen MR) is 93.9 cm³/mol. The highest BCUT2D eigenvalue weighted by atomic mass is 19.4. The molecule has 0 saturated heterocycles. The topological polar surface area (TPSA) is 82.2 Å². The second-order valence-corrected chi connectivity index (χ2v) is 6.42. The number of pyridine rings is 1. The largest absolute Gasteiger partial charge is 0.431 e. The van der Waals surface area contributed by atoms with Gasteiger partial charge in [-0.05, 0) is 68.1 Å². The van der Waals surface area contributed by atoms with Crippen LogP contribution in [0.4, 0.5) is 13.2 Å². The van der Waals surface area contributed by atoms with E-state index in [9.17, 15) is 27.6 Å². The maximum Gasteiger partial charge on any atom is 0.431 e. The van der Waals surface area contributed by atoms with Crippen LogP contribution >= 0.6 is 0 Å². The monoisotopic (exact) mass is 380 g/mol. The lowest BCUT2D eigenvalue weighted by molar-refractivity contribution is -0.144. The van der Waals surface area contributed by atoms with Crippen molar-refractivity contribution < 1.29 is 22.8 Å². The number of hydrogen-bond acceptors (Lipinski definition) is 3. The Hall–Kier alpha value is -2.90. The number of amides is 1. The number of aromatic nitrogens is 1. The first kappa shape index (κ1) is 20.4. The molecular formula is C19H19F3N2O3. The molecule has 0 aliphatic heterocycles. The number of carbonyl (C=O) groups is 2. The first-order valence-electron chi connectivity index (χ1n) is 8.07. The van der Waals surface area contributed by atoms with Gasteiger partial charge in [-0.1, -0.05) is 0 Å². The van der Waals surface area contributed by atoms with Gasteiger partial charge in [-0.3, -0.25) is 19.0 Å². The Balaban J connectivity index is 2.63. The molecule has 8 heteroatoms. The van der Waals surface area contributed by atoms with Gasteiger partial charge in [-0.2, -0.15) is 13.2 Å². The number of ketones is 1. The molecule has 0 bridgehead atoms. The zero-order chi connectivity index (χ0) is 20.7. The SMILES string of the molecule is Cc1cc(C(=O)Cn2c(C(F)(F)F)ccc(C(N)=O)c2=O)c(C)c(C)c1C. The van der Waals surface area contributed by atoms with Gasteiger partial charge in [0.05, 0.1) is 6.54 Å². The van der Waals surface area contributed by atoms with Gasteiger partial charge >= 0.3 is 6.18 Å².